The van der Waals surface area contributed by atoms with Gasteiger partial charge in [0.15, 0.2) is 5.82 Å². The molecule has 0 aromatic carbocycles. The molecular weight excluding hydrogens is 558 g/mol. The summed E-state index contributed by atoms with van der Waals surface area (Å²) in [7, 11) is 2.07. The number of nitrogens with zero attached hydrogens (tertiary/aromatic N) is 7. The van der Waals surface area contributed by atoms with Gasteiger partial charge in [-0.1, -0.05) is 0 Å². The fraction of sp³-hybridized carbons (Fsp3) is 0.606. The molecule has 11 nitrogen and oxygen atoms in total. The van der Waals surface area contributed by atoms with E-state index in [2.05, 4.69) is 27.2 Å². The van der Waals surface area contributed by atoms with Crippen LogP contribution in [-0.4, -0.2) is 79.4 Å². The van der Waals surface area contributed by atoms with Crippen molar-refractivity contribution in [1.82, 2.24) is 29.9 Å². The van der Waals surface area contributed by atoms with E-state index in [0.717, 1.165) is 68.5 Å². The molecule has 6 rings (SSSR count). The smallest absolute Gasteiger partial charge is 0.410 e. The summed E-state index contributed by atoms with van der Waals surface area (Å²) in [6.07, 6.45) is 10.6. The van der Waals surface area contributed by atoms with Gasteiger partial charge in [0.05, 0.1) is 18.0 Å². The highest BCUT2D eigenvalue weighted by molar-refractivity contribution is 5.71. The molecule has 3 aromatic heterocycles. The van der Waals surface area contributed by atoms with E-state index < -0.39 is 5.60 Å². The number of piperidine rings is 1. The summed E-state index contributed by atoms with van der Waals surface area (Å²) in [5, 5.41) is 13.7. The third-order valence-corrected chi connectivity index (χ3v) is 8.71. The number of hydrogen-bond acceptors (Lipinski definition) is 9. The van der Waals surface area contributed by atoms with E-state index in [-0.39, 0.29) is 36.6 Å². The minimum atomic E-state index is -0.494. The number of aromatic nitrogens is 5. The van der Waals surface area contributed by atoms with Crippen LogP contribution in [0.2, 0.25) is 0 Å². The fourth-order valence-corrected chi connectivity index (χ4v) is 6.60. The molecular formula is C33H45N7O4. The molecule has 0 N–H and O–H groups in total. The van der Waals surface area contributed by atoms with Gasteiger partial charge in [-0.25, -0.2) is 14.5 Å². The summed E-state index contributed by atoms with van der Waals surface area (Å²) in [4.78, 5) is 21.9. The minimum Gasteiger partial charge on any atom is -0.474 e. The fourth-order valence-electron chi connectivity index (χ4n) is 6.60. The molecule has 1 amide bonds. The van der Waals surface area contributed by atoms with Crippen LogP contribution in [0.15, 0.2) is 36.7 Å². The predicted octanol–water partition coefficient (Wildman–Crippen LogP) is 6.26. The summed E-state index contributed by atoms with van der Waals surface area (Å²) < 4.78 is 19.7. The highest BCUT2D eigenvalue weighted by Gasteiger charge is 2.46. The van der Waals surface area contributed by atoms with Crippen molar-refractivity contribution in [3.05, 3.63) is 36.7 Å². The third-order valence-electron chi connectivity index (χ3n) is 8.71. The zero-order valence-corrected chi connectivity index (χ0v) is 26.8. The Labute approximate surface area is 259 Å². The molecule has 11 heteroatoms. The van der Waals surface area contributed by atoms with Crippen molar-refractivity contribution >= 4 is 11.9 Å². The molecule has 3 fully saturated rings. The average Bonchev–Trinajstić information content (AvgIpc) is 3.58. The van der Waals surface area contributed by atoms with Gasteiger partial charge in [-0.2, -0.15) is 5.10 Å². The number of anilines is 1. The van der Waals surface area contributed by atoms with Gasteiger partial charge in [0.1, 0.15) is 17.5 Å². The van der Waals surface area contributed by atoms with Crippen LogP contribution in [0.3, 0.4) is 0 Å². The zero-order valence-electron chi connectivity index (χ0n) is 26.8. The molecule has 0 spiro atoms. The van der Waals surface area contributed by atoms with Crippen molar-refractivity contribution in [3.8, 4) is 28.4 Å². The first-order valence-corrected chi connectivity index (χ1v) is 16.0. The molecule has 3 aliphatic rings. The van der Waals surface area contributed by atoms with E-state index in [9.17, 15) is 4.79 Å². The van der Waals surface area contributed by atoms with Crippen molar-refractivity contribution in [3.63, 3.8) is 0 Å². The molecule has 3 unspecified atom stereocenters. The molecule has 2 bridgehead atoms. The van der Waals surface area contributed by atoms with E-state index >= 15 is 0 Å². The Kier molecular flexibility index (Phi) is 8.50. The molecule has 6 heterocycles. The highest BCUT2D eigenvalue weighted by atomic mass is 16.6. The lowest BCUT2D eigenvalue weighted by Crippen LogP contribution is -2.53. The number of ether oxygens (including phenoxy) is 3. The van der Waals surface area contributed by atoms with E-state index in [1.165, 1.54) is 0 Å². The van der Waals surface area contributed by atoms with Crippen LogP contribution in [0.5, 0.6) is 5.88 Å². The Balaban J connectivity index is 1.16. The first-order valence-electron chi connectivity index (χ1n) is 16.0. The Bertz CT molecular complexity index is 1430. The maximum atomic E-state index is 12.9. The summed E-state index contributed by atoms with van der Waals surface area (Å²) in [6.45, 7) is 10.5. The first kappa shape index (κ1) is 30.3. The summed E-state index contributed by atoms with van der Waals surface area (Å²) >= 11 is 0. The largest absolute Gasteiger partial charge is 0.474 e. The van der Waals surface area contributed by atoms with Crippen molar-refractivity contribution in [2.45, 2.75) is 116 Å². The third kappa shape index (κ3) is 6.52. The molecule has 4 atom stereocenters. The molecule has 3 saturated heterocycles. The second-order valence-electron chi connectivity index (χ2n) is 13.5. The van der Waals surface area contributed by atoms with E-state index in [1.807, 2.05) is 80.9 Å². The van der Waals surface area contributed by atoms with Crippen LogP contribution < -0.4 is 9.64 Å². The monoisotopic (exact) mass is 603 g/mol. The Hall–Kier alpha value is -3.73. The molecule has 0 radical (unpaired) electrons. The molecule has 236 valence electrons. The number of carbonyl (C=O) groups is 1. The maximum Gasteiger partial charge on any atom is 0.410 e. The van der Waals surface area contributed by atoms with Crippen LogP contribution in [0, 0.1) is 0 Å². The van der Waals surface area contributed by atoms with Crippen LogP contribution in [-0.2, 0) is 9.47 Å². The molecule has 3 aromatic rings. The van der Waals surface area contributed by atoms with Crippen LogP contribution in [0.4, 0.5) is 10.6 Å². The summed E-state index contributed by atoms with van der Waals surface area (Å²) in [5.74, 6) is 1.34. The normalized spacial score (nSPS) is 23.6. The van der Waals surface area contributed by atoms with Crippen molar-refractivity contribution in [2.75, 3.05) is 18.6 Å². The predicted molar refractivity (Wildman–Crippen MR) is 167 cm³/mol. The van der Waals surface area contributed by atoms with Crippen LogP contribution in [0.25, 0.3) is 22.5 Å². The van der Waals surface area contributed by atoms with Gasteiger partial charge in [0, 0.05) is 49.1 Å². The van der Waals surface area contributed by atoms with Gasteiger partial charge in [0.2, 0.25) is 5.88 Å². The number of fused-ring (bicyclic) bond motifs is 2. The summed E-state index contributed by atoms with van der Waals surface area (Å²) in [6, 6.07) is 8.57. The quantitative estimate of drug-likeness (QED) is 0.309. The van der Waals surface area contributed by atoms with Crippen LogP contribution in [0.1, 0.15) is 85.8 Å². The minimum absolute atomic E-state index is 0.0289. The topological polar surface area (TPSA) is 108 Å². The van der Waals surface area contributed by atoms with Crippen molar-refractivity contribution in [1.29, 1.82) is 0 Å². The second kappa shape index (κ2) is 12.3. The Morgan fingerprint density at radius 2 is 1.77 bits per heavy atom. The van der Waals surface area contributed by atoms with Gasteiger partial charge in [-0.05, 0) is 104 Å². The zero-order chi connectivity index (χ0) is 31.0. The van der Waals surface area contributed by atoms with Gasteiger partial charge < -0.3 is 24.0 Å². The van der Waals surface area contributed by atoms with Gasteiger partial charge >= 0.3 is 6.09 Å². The Morgan fingerprint density at radius 3 is 2.41 bits per heavy atom. The second-order valence-corrected chi connectivity index (χ2v) is 13.5. The van der Waals surface area contributed by atoms with Gasteiger partial charge in [0.25, 0.3) is 0 Å². The summed E-state index contributed by atoms with van der Waals surface area (Å²) in [5.41, 5.74) is 2.68. The molecule has 44 heavy (non-hydrogen) atoms. The lowest BCUT2D eigenvalue weighted by atomic mass is 9.96. The SMILES string of the molecule is CC(C)Oc1nc(-c2ccc(N(C)C3CC4CC[C@H](C3)N4C(=O)OC(C)(C)C)nn2)ccc1-c1cnn(C2CCCCO2)c1. The number of pyridine rings is 1. The lowest BCUT2D eigenvalue weighted by Gasteiger charge is -2.42. The number of hydrogen-bond donors (Lipinski definition) is 0. The van der Waals surface area contributed by atoms with Gasteiger partial charge in [-0.15, -0.1) is 10.2 Å². The average molecular weight is 604 g/mol. The van der Waals surface area contributed by atoms with E-state index in [0.29, 0.717) is 17.3 Å². The van der Waals surface area contributed by atoms with E-state index in [1.54, 1.807) is 0 Å². The van der Waals surface area contributed by atoms with Crippen LogP contribution >= 0.6 is 0 Å². The molecule has 0 aliphatic carbocycles. The maximum absolute atomic E-state index is 12.9. The Morgan fingerprint density at radius 1 is 1.02 bits per heavy atom. The van der Waals surface area contributed by atoms with Gasteiger partial charge in [-0.3, -0.25) is 0 Å². The van der Waals surface area contributed by atoms with E-state index in [4.69, 9.17) is 19.2 Å². The first-order chi connectivity index (χ1) is 21.1. The number of rotatable bonds is 7. The standard InChI is InChI=1S/C33H45N7O4/c1-21(2)43-31-26(22-19-34-39(20-22)30-9-7-8-16-42-30)12-13-27(35-31)28-14-15-29(37-36-28)38(6)25-17-23-10-11-24(18-25)40(23)32(41)44-33(3,4)5/h12-15,19-21,23-25,30H,7-11,16-18H2,1-6H3/t23-,24?,25?,30?/m1/s1. The highest BCUT2D eigenvalue weighted by Crippen LogP contribution is 2.39. The molecule has 3 aliphatic heterocycles. The number of amides is 1. The van der Waals surface area contributed by atoms with Crippen molar-refractivity contribution in [2.24, 2.45) is 0 Å². The van der Waals surface area contributed by atoms with Crippen molar-refractivity contribution < 1.29 is 19.0 Å². The number of carbonyl (C=O) groups excluding carboxylic acids is 1. The lowest BCUT2D eigenvalue weighted by molar-refractivity contribution is -0.0394. The molecule has 0 saturated carbocycles.